The Labute approximate surface area is 133 Å². The molecule has 0 atom stereocenters. The summed E-state index contributed by atoms with van der Waals surface area (Å²) in [6, 6.07) is 6.67. The predicted octanol–water partition coefficient (Wildman–Crippen LogP) is 3.15. The van der Waals surface area contributed by atoms with Gasteiger partial charge in [-0.15, -0.1) is 0 Å². The Hall–Kier alpha value is -3.03. The van der Waals surface area contributed by atoms with E-state index in [9.17, 15) is 14.9 Å². The highest BCUT2D eigenvalue weighted by Gasteiger charge is 2.23. The Bertz CT molecular complexity index is 746. The lowest BCUT2D eigenvalue weighted by Gasteiger charge is -2.12. The molecule has 0 spiro atoms. The fraction of sp³-hybridized carbons (Fsp3) is 0.267. The van der Waals surface area contributed by atoms with Crippen molar-refractivity contribution in [1.29, 1.82) is 0 Å². The van der Waals surface area contributed by atoms with Crippen molar-refractivity contribution < 1.29 is 9.72 Å². The summed E-state index contributed by atoms with van der Waals surface area (Å²) < 4.78 is 0. The fourth-order valence-corrected chi connectivity index (χ4v) is 1.97. The number of carbonyl (C=O) groups is 1. The van der Waals surface area contributed by atoms with Crippen LogP contribution in [0.5, 0.6) is 0 Å². The minimum atomic E-state index is -0.540. The Morgan fingerprint density at radius 3 is 2.57 bits per heavy atom. The number of hydrogen-bond donors (Lipinski definition) is 2. The fourth-order valence-electron chi connectivity index (χ4n) is 1.97. The third-order valence-corrected chi connectivity index (χ3v) is 2.96. The molecule has 8 nitrogen and oxygen atoms in total. The monoisotopic (exact) mass is 315 g/mol. The molecular weight excluding hydrogens is 298 g/mol. The van der Waals surface area contributed by atoms with Gasteiger partial charge in [-0.05, 0) is 32.9 Å². The van der Waals surface area contributed by atoms with Gasteiger partial charge in [0.2, 0.25) is 11.6 Å². The SMILES string of the molecule is CC(=O)c1cccc(Nc2ncnc(NC(C)C)c2[N+](=O)[O-])c1. The molecule has 0 unspecified atom stereocenters. The van der Waals surface area contributed by atoms with Gasteiger partial charge in [0.15, 0.2) is 5.78 Å². The molecule has 0 fully saturated rings. The normalized spacial score (nSPS) is 10.4. The van der Waals surface area contributed by atoms with Crippen LogP contribution in [0.3, 0.4) is 0 Å². The Kier molecular flexibility index (Phi) is 4.85. The highest BCUT2D eigenvalue weighted by molar-refractivity contribution is 5.95. The van der Waals surface area contributed by atoms with E-state index in [1.54, 1.807) is 24.3 Å². The van der Waals surface area contributed by atoms with Crippen molar-refractivity contribution in [1.82, 2.24) is 9.97 Å². The number of Topliss-reactive ketones (excluding diaryl/α,β-unsaturated/α-hetero) is 1. The summed E-state index contributed by atoms with van der Waals surface area (Å²) in [5, 5.41) is 17.2. The van der Waals surface area contributed by atoms with E-state index in [-0.39, 0.29) is 29.1 Å². The zero-order valence-electron chi connectivity index (χ0n) is 13.0. The highest BCUT2D eigenvalue weighted by Crippen LogP contribution is 2.31. The van der Waals surface area contributed by atoms with Gasteiger partial charge in [-0.1, -0.05) is 12.1 Å². The number of anilines is 3. The smallest absolute Gasteiger partial charge is 0.353 e. The maximum Gasteiger partial charge on any atom is 0.353 e. The number of nitro groups is 1. The average Bonchev–Trinajstić information content (AvgIpc) is 2.46. The summed E-state index contributed by atoms with van der Waals surface area (Å²) in [5.41, 5.74) is 0.802. The van der Waals surface area contributed by atoms with Crippen molar-refractivity contribution in [3.05, 3.63) is 46.3 Å². The molecule has 120 valence electrons. The molecular formula is C15H17N5O3. The van der Waals surface area contributed by atoms with Crippen LogP contribution >= 0.6 is 0 Å². The van der Waals surface area contributed by atoms with Gasteiger partial charge < -0.3 is 10.6 Å². The number of nitrogens with zero attached hydrogens (tertiary/aromatic N) is 3. The molecule has 0 radical (unpaired) electrons. The van der Waals surface area contributed by atoms with Crippen molar-refractivity contribution in [3.8, 4) is 0 Å². The summed E-state index contributed by atoms with van der Waals surface area (Å²) in [6.45, 7) is 5.17. The average molecular weight is 315 g/mol. The molecule has 0 aliphatic carbocycles. The quantitative estimate of drug-likeness (QED) is 0.478. The molecule has 8 heteroatoms. The van der Waals surface area contributed by atoms with Crippen molar-refractivity contribution in [2.24, 2.45) is 0 Å². The largest absolute Gasteiger partial charge is 0.362 e. The molecule has 0 saturated heterocycles. The molecule has 2 aromatic rings. The summed E-state index contributed by atoms with van der Waals surface area (Å²) in [4.78, 5) is 30.1. The maximum atomic E-state index is 11.4. The number of aromatic nitrogens is 2. The molecule has 2 N–H and O–H groups in total. The molecule has 2 rings (SSSR count). The lowest BCUT2D eigenvalue weighted by atomic mass is 10.1. The third kappa shape index (κ3) is 4.00. The summed E-state index contributed by atoms with van der Waals surface area (Å²) >= 11 is 0. The van der Waals surface area contributed by atoms with Gasteiger partial charge in [0.05, 0.1) is 4.92 Å². The van der Waals surface area contributed by atoms with Gasteiger partial charge in [-0.25, -0.2) is 9.97 Å². The van der Waals surface area contributed by atoms with E-state index in [0.29, 0.717) is 11.3 Å². The zero-order chi connectivity index (χ0) is 17.0. The van der Waals surface area contributed by atoms with Crippen LogP contribution in [-0.2, 0) is 0 Å². The van der Waals surface area contributed by atoms with Gasteiger partial charge in [0.1, 0.15) is 6.33 Å². The van der Waals surface area contributed by atoms with Gasteiger partial charge >= 0.3 is 5.69 Å². The first-order valence-corrected chi connectivity index (χ1v) is 7.02. The van der Waals surface area contributed by atoms with E-state index in [0.717, 1.165) is 0 Å². The summed E-state index contributed by atoms with van der Waals surface area (Å²) in [5.74, 6) is 0.118. The summed E-state index contributed by atoms with van der Waals surface area (Å²) in [6.07, 6.45) is 1.24. The zero-order valence-corrected chi connectivity index (χ0v) is 13.0. The minimum Gasteiger partial charge on any atom is -0.362 e. The molecule has 1 aromatic carbocycles. The van der Waals surface area contributed by atoms with Crippen molar-refractivity contribution in [2.45, 2.75) is 26.8 Å². The third-order valence-electron chi connectivity index (χ3n) is 2.96. The lowest BCUT2D eigenvalue weighted by molar-refractivity contribution is -0.383. The number of carbonyl (C=O) groups excluding carboxylic acids is 1. The first-order valence-electron chi connectivity index (χ1n) is 7.02. The van der Waals surface area contributed by atoms with Gasteiger partial charge in [0.25, 0.3) is 0 Å². The van der Waals surface area contributed by atoms with E-state index in [1.807, 2.05) is 13.8 Å². The number of benzene rings is 1. The van der Waals surface area contributed by atoms with Crippen molar-refractivity contribution in [2.75, 3.05) is 10.6 Å². The van der Waals surface area contributed by atoms with E-state index in [1.165, 1.54) is 13.3 Å². The number of rotatable bonds is 6. The molecule has 23 heavy (non-hydrogen) atoms. The lowest BCUT2D eigenvalue weighted by Crippen LogP contribution is -2.14. The minimum absolute atomic E-state index is 0.0162. The number of hydrogen-bond acceptors (Lipinski definition) is 7. The van der Waals surface area contributed by atoms with Crippen LogP contribution in [0.25, 0.3) is 0 Å². The summed E-state index contributed by atoms with van der Waals surface area (Å²) in [7, 11) is 0. The van der Waals surface area contributed by atoms with Gasteiger partial charge in [-0.2, -0.15) is 0 Å². The van der Waals surface area contributed by atoms with E-state index in [2.05, 4.69) is 20.6 Å². The first kappa shape index (κ1) is 16.3. The Morgan fingerprint density at radius 2 is 1.96 bits per heavy atom. The molecule has 0 amide bonds. The Balaban J connectivity index is 2.41. The van der Waals surface area contributed by atoms with Crippen LogP contribution in [-0.4, -0.2) is 26.7 Å². The van der Waals surface area contributed by atoms with Gasteiger partial charge in [-0.3, -0.25) is 14.9 Å². The highest BCUT2D eigenvalue weighted by atomic mass is 16.6. The second kappa shape index (κ2) is 6.82. The molecule has 1 heterocycles. The Morgan fingerprint density at radius 1 is 1.26 bits per heavy atom. The van der Waals surface area contributed by atoms with Crippen LogP contribution in [0, 0.1) is 10.1 Å². The second-order valence-corrected chi connectivity index (χ2v) is 5.24. The van der Waals surface area contributed by atoms with Crippen molar-refractivity contribution in [3.63, 3.8) is 0 Å². The maximum absolute atomic E-state index is 11.4. The topological polar surface area (TPSA) is 110 Å². The molecule has 0 bridgehead atoms. The van der Waals surface area contributed by atoms with E-state index in [4.69, 9.17) is 0 Å². The molecule has 0 aliphatic heterocycles. The van der Waals surface area contributed by atoms with E-state index >= 15 is 0 Å². The second-order valence-electron chi connectivity index (χ2n) is 5.24. The predicted molar refractivity (Wildman–Crippen MR) is 87.2 cm³/mol. The molecule has 0 saturated carbocycles. The van der Waals surface area contributed by atoms with Gasteiger partial charge in [0, 0.05) is 17.3 Å². The molecule has 1 aromatic heterocycles. The van der Waals surface area contributed by atoms with Crippen LogP contribution in [0.15, 0.2) is 30.6 Å². The van der Waals surface area contributed by atoms with Crippen LogP contribution in [0.4, 0.5) is 23.0 Å². The molecule has 0 aliphatic rings. The number of nitrogens with one attached hydrogen (secondary N) is 2. The van der Waals surface area contributed by atoms with Crippen LogP contribution in [0.2, 0.25) is 0 Å². The van der Waals surface area contributed by atoms with Crippen LogP contribution in [0.1, 0.15) is 31.1 Å². The standard InChI is InChI=1S/C15H17N5O3/c1-9(2)18-14-13(20(22)23)15(17-8-16-14)19-12-6-4-5-11(7-12)10(3)21/h4-9H,1-3H3,(H2,16,17,18,19). The number of ketones is 1. The van der Waals surface area contributed by atoms with Crippen molar-refractivity contribution >= 4 is 28.8 Å². The van der Waals surface area contributed by atoms with Crippen LogP contribution < -0.4 is 10.6 Å². The first-order chi connectivity index (χ1) is 10.9. The van der Waals surface area contributed by atoms with E-state index < -0.39 is 4.92 Å².